The van der Waals surface area contributed by atoms with E-state index in [1.165, 1.54) is 18.2 Å². The van der Waals surface area contributed by atoms with Gasteiger partial charge in [-0.05, 0) is 36.6 Å². The van der Waals surface area contributed by atoms with Gasteiger partial charge in [0.1, 0.15) is 29.8 Å². The van der Waals surface area contributed by atoms with Crippen molar-refractivity contribution < 1.29 is 32.2 Å². The van der Waals surface area contributed by atoms with Crippen LogP contribution in [0.4, 0.5) is 10.1 Å². The monoisotopic (exact) mass is 466 g/mol. The number of hydrogen-bond donors (Lipinski definition) is 3. The molecule has 2 heterocycles. The molecule has 32 heavy (non-hydrogen) atoms. The minimum absolute atomic E-state index is 0.0158. The number of likely N-dealkylation sites (tertiary alicyclic amines) is 1. The lowest BCUT2D eigenvalue weighted by atomic mass is 10.1. The Labute approximate surface area is 184 Å². The van der Waals surface area contributed by atoms with E-state index in [-0.39, 0.29) is 23.9 Å². The number of aromatic hydroxyl groups is 1. The summed E-state index contributed by atoms with van der Waals surface area (Å²) in [6.45, 7) is 3.24. The van der Waals surface area contributed by atoms with Gasteiger partial charge in [0.2, 0.25) is 5.91 Å². The van der Waals surface area contributed by atoms with Gasteiger partial charge in [-0.25, -0.2) is 13.4 Å². The van der Waals surface area contributed by atoms with Crippen LogP contribution >= 0.6 is 0 Å². The van der Waals surface area contributed by atoms with Crippen molar-refractivity contribution in [3.8, 4) is 11.5 Å². The standard InChI is InChI=1S/C20H23FN4O6S/c1-2-5-22-8-18(28)24-9-14(10-24)31-13-4-3-12-6-16(26)20(19(21)15(12)7-13)25-11-17(27)23-32(25,29)30/h3-4,6-7,14,22,26H,2,5,8-11H2,1H3,(H,23,27). The van der Waals surface area contributed by atoms with Crippen molar-refractivity contribution in [1.29, 1.82) is 0 Å². The number of phenols is 1. The topological polar surface area (TPSA) is 128 Å². The summed E-state index contributed by atoms with van der Waals surface area (Å²) in [4.78, 5) is 25.2. The number of hydrogen-bond acceptors (Lipinski definition) is 7. The van der Waals surface area contributed by atoms with Crippen molar-refractivity contribution >= 4 is 38.5 Å². The van der Waals surface area contributed by atoms with E-state index in [9.17, 15) is 23.1 Å². The van der Waals surface area contributed by atoms with Crippen LogP contribution in [0.5, 0.6) is 11.5 Å². The molecule has 2 aliphatic rings. The molecule has 0 aromatic heterocycles. The highest BCUT2D eigenvalue weighted by Gasteiger charge is 2.38. The summed E-state index contributed by atoms with van der Waals surface area (Å²) in [5.74, 6) is -2.09. The van der Waals surface area contributed by atoms with E-state index in [1.807, 2.05) is 6.92 Å². The number of halogens is 1. The summed E-state index contributed by atoms with van der Waals surface area (Å²) >= 11 is 0. The fraction of sp³-hybridized carbons (Fsp3) is 0.400. The Morgan fingerprint density at radius 1 is 1.34 bits per heavy atom. The van der Waals surface area contributed by atoms with Crippen LogP contribution in [0.3, 0.4) is 0 Å². The molecular weight excluding hydrogens is 443 g/mol. The number of anilines is 1. The minimum atomic E-state index is -4.29. The quantitative estimate of drug-likeness (QED) is 0.506. The number of carbonyl (C=O) groups is 2. The van der Waals surface area contributed by atoms with Gasteiger partial charge in [0.05, 0.1) is 19.6 Å². The van der Waals surface area contributed by atoms with Crippen LogP contribution in [-0.4, -0.2) is 69.1 Å². The maximum atomic E-state index is 15.3. The Morgan fingerprint density at radius 3 is 2.75 bits per heavy atom. The predicted molar refractivity (Wildman–Crippen MR) is 114 cm³/mol. The van der Waals surface area contributed by atoms with Gasteiger partial charge in [-0.15, -0.1) is 0 Å². The Hall–Kier alpha value is -3.12. The van der Waals surface area contributed by atoms with Gasteiger partial charge in [-0.2, -0.15) is 8.42 Å². The Bertz CT molecular complexity index is 1180. The van der Waals surface area contributed by atoms with Crippen LogP contribution in [0.2, 0.25) is 0 Å². The highest BCUT2D eigenvalue weighted by Crippen LogP contribution is 2.39. The fourth-order valence-electron chi connectivity index (χ4n) is 3.66. The number of benzene rings is 2. The van der Waals surface area contributed by atoms with Gasteiger partial charge in [0, 0.05) is 5.39 Å². The van der Waals surface area contributed by atoms with Gasteiger partial charge >= 0.3 is 10.2 Å². The first-order chi connectivity index (χ1) is 15.2. The van der Waals surface area contributed by atoms with Gasteiger partial charge in [0.25, 0.3) is 5.91 Å². The van der Waals surface area contributed by atoms with Gasteiger partial charge in [-0.3, -0.25) is 9.59 Å². The first-order valence-electron chi connectivity index (χ1n) is 10.1. The molecular formula is C20H23FN4O6S. The second-order valence-electron chi connectivity index (χ2n) is 7.69. The molecule has 4 rings (SSSR count). The molecule has 2 aromatic rings. The maximum absolute atomic E-state index is 15.3. The zero-order chi connectivity index (χ0) is 23.0. The predicted octanol–water partition coefficient (Wildman–Crippen LogP) is 0.455. The molecule has 2 amide bonds. The molecule has 12 heteroatoms. The lowest BCUT2D eigenvalue weighted by Crippen LogP contribution is -2.57. The molecule has 0 radical (unpaired) electrons. The van der Waals surface area contributed by atoms with Gasteiger partial charge in [0.15, 0.2) is 5.82 Å². The van der Waals surface area contributed by atoms with E-state index in [4.69, 9.17) is 4.74 Å². The zero-order valence-corrected chi connectivity index (χ0v) is 18.1. The lowest BCUT2D eigenvalue weighted by Gasteiger charge is -2.39. The van der Waals surface area contributed by atoms with Gasteiger partial charge < -0.3 is 20.1 Å². The average Bonchev–Trinajstić information content (AvgIpc) is 2.96. The minimum Gasteiger partial charge on any atom is -0.506 e. The van der Waals surface area contributed by atoms with Crippen LogP contribution in [0, 0.1) is 5.82 Å². The number of rotatable bonds is 7. The summed E-state index contributed by atoms with van der Waals surface area (Å²) in [5.41, 5.74) is -0.604. The van der Waals surface area contributed by atoms with Crippen molar-refractivity contribution in [3.63, 3.8) is 0 Å². The summed E-state index contributed by atoms with van der Waals surface area (Å²) in [6.07, 6.45) is 0.691. The molecule has 2 aromatic carbocycles. The molecule has 3 N–H and O–H groups in total. The van der Waals surface area contributed by atoms with Crippen molar-refractivity contribution in [3.05, 3.63) is 30.1 Å². The fourth-order valence-corrected chi connectivity index (χ4v) is 4.82. The summed E-state index contributed by atoms with van der Waals surface area (Å²) in [6, 6.07) is 5.77. The lowest BCUT2D eigenvalue weighted by molar-refractivity contribution is -0.138. The van der Waals surface area contributed by atoms with E-state index in [0.29, 0.717) is 28.5 Å². The van der Waals surface area contributed by atoms with Crippen LogP contribution in [0.15, 0.2) is 24.3 Å². The molecule has 0 unspecified atom stereocenters. The normalized spacial score (nSPS) is 18.0. The van der Waals surface area contributed by atoms with Crippen molar-refractivity contribution in [1.82, 2.24) is 14.9 Å². The second kappa shape index (κ2) is 8.43. The van der Waals surface area contributed by atoms with E-state index >= 15 is 4.39 Å². The third-order valence-corrected chi connectivity index (χ3v) is 6.66. The smallest absolute Gasteiger partial charge is 0.326 e. The molecule has 0 spiro atoms. The van der Waals surface area contributed by atoms with Crippen LogP contribution < -0.4 is 19.1 Å². The molecule has 2 saturated heterocycles. The first kappa shape index (κ1) is 22.1. The van der Waals surface area contributed by atoms with Crippen LogP contribution in [-0.2, 0) is 19.8 Å². The zero-order valence-electron chi connectivity index (χ0n) is 17.3. The first-order valence-corrected chi connectivity index (χ1v) is 11.6. The molecule has 0 atom stereocenters. The molecule has 0 bridgehead atoms. The molecule has 10 nitrogen and oxygen atoms in total. The summed E-state index contributed by atoms with van der Waals surface area (Å²) < 4.78 is 47.5. The number of phenolic OH excluding ortho intramolecular Hbond substituents is 1. The van der Waals surface area contributed by atoms with Crippen LogP contribution in [0.1, 0.15) is 13.3 Å². The molecule has 172 valence electrons. The SMILES string of the molecule is CCCNCC(=O)N1CC(Oc2ccc3cc(O)c(N4CC(=O)NS4(=O)=O)c(F)c3c2)C1. The highest BCUT2D eigenvalue weighted by molar-refractivity contribution is 7.92. The Morgan fingerprint density at radius 2 is 2.09 bits per heavy atom. The van der Waals surface area contributed by atoms with Gasteiger partial charge in [-0.1, -0.05) is 13.0 Å². The third kappa shape index (κ3) is 4.15. The highest BCUT2D eigenvalue weighted by atomic mass is 32.2. The maximum Gasteiger partial charge on any atom is 0.326 e. The third-order valence-electron chi connectivity index (χ3n) is 5.28. The molecule has 2 fully saturated rings. The largest absolute Gasteiger partial charge is 0.506 e. The number of ether oxygens (including phenoxy) is 1. The van der Waals surface area contributed by atoms with E-state index in [2.05, 4.69) is 5.32 Å². The Balaban J connectivity index is 1.51. The second-order valence-corrected chi connectivity index (χ2v) is 9.29. The van der Waals surface area contributed by atoms with E-state index < -0.39 is 39.9 Å². The number of nitrogens with zero attached hydrogens (tertiary/aromatic N) is 2. The summed E-state index contributed by atoms with van der Waals surface area (Å²) in [5, 5.41) is 13.6. The van der Waals surface area contributed by atoms with Crippen molar-refractivity contribution in [2.75, 3.05) is 37.0 Å². The number of amides is 2. The van der Waals surface area contributed by atoms with E-state index in [0.717, 1.165) is 13.0 Å². The Kier molecular flexibility index (Phi) is 5.82. The van der Waals surface area contributed by atoms with Crippen molar-refractivity contribution in [2.45, 2.75) is 19.4 Å². The number of carbonyl (C=O) groups excluding carboxylic acids is 2. The van der Waals surface area contributed by atoms with Crippen molar-refractivity contribution in [2.24, 2.45) is 0 Å². The molecule has 0 aliphatic carbocycles. The number of fused-ring (bicyclic) bond motifs is 1. The number of nitrogens with one attached hydrogen (secondary N) is 2. The van der Waals surface area contributed by atoms with E-state index in [1.54, 1.807) is 15.7 Å². The molecule has 0 saturated carbocycles. The summed E-state index contributed by atoms with van der Waals surface area (Å²) in [7, 11) is -4.29. The van der Waals surface area contributed by atoms with Crippen LogP contribution in [0.25, 0.3) is 10.8 Å². The molecule has 2 aliphatic heterocycles. The average molecular weight is 466 g/mol.